The first kappa shape index (κ1) is 23.3. The molecule has 1 unspecified atom stereocenters. The molecule has 8 heteroatoms. The van der Waals surface area contributed by atoms with Gasteiger partial charge in [-0.05, 0) is 53.6 Å². The highest BCUT2D eigenvalue weighted by Crippen LogP contribution is 2.41. The van der Waals surface area contributed by atoms with E-state index in [0.717, 1.165) is 11.3 Å². The molecule has 2 aromatic carbocycles. The van der Waals surface area contributed by atoms with E-state index in [0.29, 0.717) is 21.9 Å². The van der Waals surface area contributed by atoms with Crippen molar-refractivity contribution in [2.45, 2.75) is 12.6 Å². The fourth-order valence-electron chi connectivity index (χ4n) is 3.99. The van der Waals surface area contributed by atoms with Gasteiger partial charge in [0.05, 0.1) is 23.7 Å². The molecule has 1 N–H and O–H groups in total. The number of likely N-dealkylation sites (tertiary alicyclic amines) is 1. The van der Waals surface area contributed by atoms with E-state index in [1.54, 1.807) is 42.7 Å². The summed E-state index contributed by atoms with van der Waals surface area (Å²) in [5.74, 6) is -1.36. The van der Waals surface area contributed by atoms with Crippen LogP contribution in [0.15, 0.2) is 72.6 Å². The fraction of sp³-hybridized carbons (Fsp3) is 0.192. The third-order valence-corrected chi connectivity index (χ3v) is 6.10. The Bertz CT molecular complexity index is 1260. The van der Waals surface area contributed by atoms with Crippen LogP contribution < -0.4 is 9.64 Å². The van der Waals surface area contributed by atoms with Gasteiger partial charge in [-0.2, -0.15) is 0 Å². The number of halogens is 1. The Labute approximate surface area is 202 Å². The fourth-order valence-corrected chi connectivity index (χ4v) is 4.19. The molecule has 1 aliphatic heterocycles. The molecule has 1 saturated heterocycles. The lowest BCUT2D eigenvalue weighted by molar-refractivity contribution is -0.140. The van der Waals surface area contributed by atoms with Crippen molar-refractivity contribution in [3.05, 3.63) is 94.3 Å². The van der Waals surface area contributed by atoms with Crippen molar-refractivity contribution in [2.75, 3.05) is 26.1 Å². The number of anilines is 1. The minimum Gasteiger partial charge on any atom is -0.507 e. The SMILES string of the molecule is COc1cc(/C(O)=C2/C(=O)C(=O)N(Cc3ccncc3)C2c2ccc(N(C)C)cc2)ccc1Cl. The van der Waals surface area contributed by atoms with E-state index < -0.39 is 17.7 Å². The van der Waals surface area contributed by atoms with Gasteiger partial charge in [0.15, 0.2) is 0 Å². The predicted molar refractivity (Wildman–Crippen MR) is 131 cm³/mol. The molecule has 1 atom stereocenters. The number of benzene rings is 2. The second-order valence-electron chi connectivity index (χ2n) is 8.12. The molecule has 174 valence electrons. The quantitative estimate of drug-likeness (QED) is 0.321. The number of ketones is 1. The summed E-state index contributed by atoms with van der Waals surface area (Å²) in [4.78, 5) is 33.8. The highest BCUT2D eigenvalue weighted by atomic mass is 35.5. The van der Waals surface area contributed by atoms with Crippen LogP contribution in [0, 0.1) is 0 Å². The number of hydrogen-bond acceptors (Lipinski definition) is 6. The number of rotatable bonds is 6. The predicted octanol–water partition coefficient (Wildman–Crippen LogP) is 4.43. The topological polar surface area (TPSA) is 83.0 Å². The largest absolute Gasteiger partial charge is 0.507 e. The second kappa shape index (κ2) is 9.57. The van der Waals surface area contributed by atoms with Gasteiger partial charge in [-0.1, -0.05) is 23.7 Å². The summed E-state index contributed by atoms with van der Waals surface area (Å²) in [5, 5.41) is 11.6. The van der Waals surface area contributed by atoms with E-state index in [4.69, 9.17) is 16.3 Å². The maximum absolute atomic E-state index is 13.2. The number of methoxy groups -OCH3 is 1. The maximum Gasteiger partial charge on any atom is 0.295 e. The Balaban J connectivity index is 1.86. The van der Waals surface area contributed by atoms with Crippen LogP contribution in [0.2, 0.25) is 5.02 Å². The zero-order valence-corrected chi connectivity index (χ0v) is 19.8. The molecule has 1 aromatic heterocycles. The Morgan fingerprint density at radius 1 is 1.09 bits per heavy atom. The van der Waals surface area contributed by atoms with Crippen LogP contribution in [-0.2, 0) is 16.1 Å². The molecule has 1 aliphatic rings. The standard InChI is InChI=1S/C26H24ClN3O4/c1-29(2)19-7-4-17(5-8-19)23-22(24(31)18-6-9-20(27)21(14-18)34-3)25(32)26(33)30(23)15-16-10-12-28-13-11-16/h4-14,23,31H,15H2,1-3H3/b24-22-. The molecule has 0 spiro atoms. The molecule has 2 heterocycles. The van der Waals surface area contributed by atoms with Crippen LogP contribution in [0.4, 0.5) is 5.69 Å². The first-order chi connectivity index (χ1) is 16.3. The molecule has 0 radical (unpaired) electrons. The molecule has 3 aromatic rings. The molecule has 1 amide bonds. The van der Waals surface area contributed by atoms with Gasteiger partial charge >= 0.3 is 0 Å². The average Bonchev–Trinajstić information content (AvgIpc) is 3.09. The van der Waals surface area contributed by atoms with Crippen molar-refractivity contribution in [1.29, 1.82) is 0 Å². The number of pyridine rings is 1. The molecule has 0 saturated carbocycles. The van der Waals surface area contributed by atoms with E-state index in [-0.39, 0.29) is 17.9 Å². The average molecular weight is 478 g/mol. The monoisotopic (exact) mass is 477 g/mol. The number of aliphatic hydroxyl groups is 1. The first-order valence-electron chi connectivity index (χ1n) is 10.6. The summed E-state index contributed by atoms with van der Waals surface area (Å²) in [6.45, 7) is 0.188. The van der Waals surface area contributed by atoms with Gasteiger partial charge in [0.25, 0.3) is 11.7 Å². The number of carbonyl (C=O) groups is 2. The summed E-state index contributed by atoms with van der Waals surface area (Å²) in [6.07, 6.45) is 3.26. The summed E-state index contributed by atoms with van der Waals surface area (Å²) < 4.78 is 5.26. The van der Waals surface area contributed by atoms with Crippen molar-refractivity contribution >= 4 is 34.7 Å². The minimum atomic E-state index is -0.772. The molecule has 1 fully saturated rings. The Morgan fingerprint density at radius 3 is 2.38 bits per heavy atom. The number of amides is 1. The highest BCUT2D eigenvalue weighted by Gasteiger charge is 2.46. The van der Waals surface area contributed by atoms with E-state index in [9.17, 15) is 14.7 Å². The number of aliphatic hydroxyl groups excluding tert-OH is 1. The van der Waals surface area contributed by atoms with Crippen molar-refractivity contribution in [2.24, 2.45) is 0 Å². The molecule has 0 bridgehead atoms. The molecule has 0 aliphatic carbocycles. The van der Waals surface area contributed by atoms with Gasteiger partial charge < -0.3 is 19.6 Å². The number of aromatic nitrogens is 1. The number of carbonyl (C=O) groups excluding carboxylic acids is 2. The molecule has 4 rings (SSSR count). The van der Waals surface area contributed by atoms with Crippen LogP contribution in [0.1, 0.15) is 22.7 Å². The normalized spacial score (nSPS) is 17.2. The molecular weight excluding hydrogens is 454 g/mol. The summed E-state index contributed by atoms with van der Waals surface area (Å²) >= 11 is 6.13. The highest BCUT2D eigenvalue weighted by molar-refractivity contribution is 6.46. The van der Waals surface area contributed by atoms with E-state index in [1.165, 1.54) is 12.0 Å². The first-order valence-corrected chi connectivity index (χ1v) is 11.0. The summed E-state index contributed by atoms with van der Waals surface area (Å²) in [5.41, 5.74) is 2.85. The number of hydrogen-bond donors (Lipinski definition) is 1. The lowest BCUT2D eigenvalue weighted by atomic mass is 9.95. The third-order valence-electron chi connectivity index (χ3n) is 5.79. The number of nitrogens with zero attached hydrogens (tertiary/aromatic N) is 3. The van der Waals surface area contributed by atoms with E-state index in [1.807, 2.05) is 43.3 Å². The second-order valence-corrected chi connectivity index (χ2v) is 8.52. The van der Waals surface area contributed by atoms with Crippen molar-refractivity contribution in [3.63, 3.8) is 0 Å². The van der Waals surface area contributed by atoms with Crippen molar-refractivity contribution in [1.82, 2.24) is 9.88 Å². The summed E-state index contributed by atoms with van der Waals surface area (Å²) in [6, 6.07) is 15.0. The van der Waals surface area contributed by atoms with Gasteiger partial charge in [-0.3, -0.25) is 14.6 Å². The zero-order valence-electron chi connectivity index (χ0n) is 19.0. The van der Waals surface area contributed by atoms with Crippen LogP contribution in [0.5, 0.6) is 5.75 Å². The molecular formula is C26H24ClN3O4. The van der Waals surface area contributed by atoms with E-state index >= 15 is 0 Å². The summed E-state index contributed by atoms with van der Waals surface area (Å²) in [7, 11) is 5.32. The Hall–Kier alpha value is -3.84. The van der Waals surface area contributed by atoms with Gasteiger partial charge in [0.2, 0.25) is 0 Å². The zero-order chi connectivity index (χ0) is 24.4. The van der Waals surface area contributed by atoms with E-state index in [2.05, 4.69) is 4.98 Å². The van der Waals surface area contributed by atoms with Gasteiger partial charge in [-0.25, -0.2) is 0 Å². The molecule has 7 nitrogen and oxygen atoms in total. The van der Waals surface area contributed by atoms with Crippen LogP contribution in [0.3, 0.4) is 0 Å². The number of ether oxygens (including phenoxy) is 1. The lowest BCUT2D eigenvalue weighted by Gasteiger charge is -2.26. The third kappa shape index (κ3) is 4.34. The Kier molecular flexibility index (Phi) is 6.56. The lowest BCUT2D eigenvalue weighted by Crippen LogP contribution is -2.29. The smallest absolute Gasteiger partial charge is 0.295 e. The van der Waals surface area contributed by atoms with Crippen LogP contribution >= 0.6 is 11.6 Å². The van der Waals surface area contributed by atoms with Crippen molar-refractivity contribution in [3.8, 4) is 5.75 Å². The van der Waals surface area contributed by atoms with Gasteiger partial charge in [0, 0.05) is 44.3 Å². The number of Topliss-reactive ketones (excluding diaryl/α,β-unsaturated/α-hetero) is 1. The minimum absolute atomic E-state index is 0.0148. The van der Waals surface area contributed by atoms with Gasteiger partial charge in [-0.15, -0.1) is 0 Å². The van der Waals surface area contributed by atoms with Crippen LogP contribution in [0.25, 0.3) is 5.76 Å². The van der Waals surface area contributed by atoms with Crippen molar-refractivity contribution < 1.29 is 19.4 Å². The van der Waals surface area contributed by atoms with Gasteiger partial charge in [0.1, 0.15) is 11.5 Å². The molecule has 34 heavy (non-hydrogen) atoms. The maximum atomic E-state index is 13.2. The Morgan fingerprint density at radius 2 is 1.76 bits per heavy atom. The van der Waals surface area contributed by atoms with Crippen LogP contribution in [-0.4, -0.2) is 47.9 Å².